The van der Waals surface area contributed by atoms with E-state index >= 15 is 0 Å². The van der Waals surface area contributed by atoms with Gasteiger partial charge in [-0.05, 0) is 120 Å². The fourth-order valence-corrected chi connectivity index (χ4v) is 11.9. The summed E-state index contributed by atoms with van der Waals surface area (Å²) >= 11 is 0. The molecule has 0 saturated heterocycles. The molecule has 0 radical (unpaired) electrons. The summed E-state index contributed by atoms with van der Waals surface area (Å²) in [5.41, 5.74) is 24.2. The van der Waals surface area contributed by atoms with Crippen LogP contribution in [-0.2, 0) is 16.2 Å². The van der Waals surface area contributed by atoms with E-state index in [1.165, 1.54) is 83.5 Å². The van der Waals surface area contributed by atoms with E-state index in [2.05, 4.69) is 234 Å². The molecule has 0 unspecified atom stereocenters. The minimum Gasteiger partial charge on any atom is -0.456 e. The maximum atomic E-state index is 6.63. The monoisotopic (exact) mass is 821 g/mol. The summed E-state index contributed by atoms with van der Waals surface area (Å²) in [6.07, 6.45) is 0. The predicted molar refractivity (Wildman–Crippen MR) is 266 cm³/mol. The van der Waals surface area contributed by atoms with Crippen molar-refractivity contribution in [2.45, 2.75) is 50.9 Å². The Kier molecular flexibility index (Phi) is 7.59. The number of rotatable bonds is 4. The van der Waals surface area contributed by atoms with Crippen molar-refractivity contribution in [1.82, 2.24) is 0 Å². The zero-order valence-corrected chi connectivity index (χ0v) is 36.8. The zero-order chi connectivity index (χ0) is 43.1. The number of hydrogen-bond donors (Lipinski definition) is 0. The highest BCUT2D eigenvalue weighted by atomic mass is 16.3. The quantitative estimate of drug-likeness (QED) is 0.176. The molecule has 1 aromatic heterocycles. The lowest BCUT2D eigenvalue weighted by molar-refractivity contribution is 0.584. The minimum atomic E-state index is -0.476. The van der Waals surface area contributed by atoms with E-state index in [4.69, 9.17) is 4.42 Å². The number of fused-ring (bicyclic) bond motifs is 16. The van der Waals surface area contributed by atoms with Gasteiger partial charge in [0.05, 0.1) is 22.2 Å². The SMILES string of the molecule is CC(C)(C)c1ccc2c(c1)C(C)(C)c1cccc(-c3ccccc3N(c3ccc4c(c3)C3(c5ccccc5-c5ccccc53)c3ccccc3-4)c3cccc4oc5ccccc5c34)c1-2. The average molecular weight is 822 g/mol. The van der Waals surface area contributed by atoms with Crippen LogP contribution < -0.4 is 4.90 Å². The topological polar surface area (TPSA) is 16.4 Å². The Morgan fingerprint density at radius 2 is 0.938 bits per heavy atom. The summed E-state index contributed by atoms with van der Waals surface area (Å²) in [6.45, 7) is 11.7. The number of benzene rings is 9. The molecule has 64 heavy (non-hydrogen) atoms. The second-order valence-corrected chi connectivity index (χ2v) is 19.6. The standard InChI is InChI=1S/C62H47NO/c1-60(2,3)38-32-34-46-52(36-38)61(4,5)51-27-16-23-45(58(46)51)44-21-9-14-28-54(44)63(55-29-17-31-57-59(55)47-22-10-15-30-56(47)64-57)39-33-35-43-42-20-8-13-26-50(42)62(53(43)37-39)48-24-11-6-18-40(48)41-19-7-12-25-49(41)62/h6-37H,1-5H3. The third kappa shape index (κ3) is 4.86. The first kappa shape index (κ1) is 37.2. The van der Waals surface area contributed by atoms with Crippen LogP contribution in [0.1, 0.15) is 73.6 Å². The molecule has 13 rings (SSSR count). The van der Waals surface area contributed by atoms with Crippen LogP contribution >= 0.6 is 0 Å². The molecule has 0 aliphatic heterocycles. The van der Waals surface area contributed by atoms with Gasteiger partial charge in [0, 0.05) is 22.1 Å². The van der Waals surface area contributed by atoms with Gasteiger partial charge in [0.25, 0.3) is 0 Å². The van der Waals surface area contributed by atoms with Gasteiger partial charge < -0.3 is 9.32 Å². The third-order valence-electron chi connectivity index (χ3n) is 14.9. The maximum absolute atomic E-state index is 6.63. The molecule has 0 amide bonds. The van der Waals surface area contributed by atoms with Crippen molar-refractivity contribution < 1.29 is 4.42 Å². The molecule has 0 saturated carbocycles. The number of nitrogens with zero attached hydrogens (tertiary/aromatic N) is 1. The normalized spacial score (nSPS) is 14.6. The zero-order valence-electron chi connectivity index (χ0n) is 36.8. The third-order valence-corrected chi connectivity index (χ3v) is 14.9. The smallest absolute Gasteiger partial charge is 0.137 e. The molecular weight excluding hydrogens is 775 g/mol. The molecule has 3 aliphatic rings. The molecule has 0 atom stereocenters. The second kappa shape index (κ2) is 13.1. The Labute approximate surface area is 375 Å². The molecule has 10 aromatic rings. The van der Waals surface area contributed by atoms with Crippen LogP contribution in [0.3, 0.4) is 0 Å². The number of furan rings is 1. The van der Waals surface area contributed by atoms with Gasteiger partial charge in [0.2, 0.25) is 0 Å². The minimum absolute atomic E-state index is 0.0482. The van der Waals surface area contributed by atoms with Gasteiger partial charge in [-0.25, -0.2) is 0 Å². The van der Waals surface area contributed by atoms with Crippen molar-refractivity contribution in [1.29, 1.82) is 0 Å². The fraction of sp³-hybridized carbons (Fsp3) is 0.129. The van der Waals surface area contributed by atoms with E-state index in [0.717, 1.165) is 39.0 Å². The van der Waals surface area contributed by atoms with Gasteiger partial charge in [-0.3, -0.25) is 0 Å². The first-order valence-corrected chi connectivity index (χ1v) is 22.7. The van der Waals surface area contributed by atoms with Crippen molar-refractivity contribution in [3.05, 3.63) is 233 Å². The molecule has 2 nitrogen and oxygen atoms in total. The molecule has 0 fully saturated rings. The van der Waals surface area contributed by atoms with Gasteiger partial charge in [-0.15, -0.1) is 0 Å². The number of hydrogen-bond acceptors (Lipinski definition) is 2. The average Bonchev–Trinajstić information content (AvgIpc) is 4.01. The van der Waals surface area contributed by atoms with Gasteiger partial charge in [-0.2, -0.15) is 0 Å². The number of anilines is 3. The predicted octanol–water partition coefficient (Wildman–Crippen LogP) is 16.7. The Morgan fingerprint density at radius 3 is 1.64 bits per heavy atom. The van der Waals surface area contributed by atoms with Crippen molar-refractivity contribution in [2.75, 3.05) is 4.90 Å². The van der Waals surface area contributed by atoms with Crippen LogP contribution in [0.4, 0.5) is 17.1 Å². The largest absolute Gasteiger partial charge is 0.456 e. The van der Waals surface area contributed by atoms with Gasteiger partial charge >= 0.3 is 0 Å². The van der Waals surface area contributed by atoms with E-state index in [1.807, 2.05) is 0 Å². The first-order chi connectivity index (χ1) is 31.2. The number of para-hydroxylation sites is 2. The lowest BCUT2D eigenvalue weighted by Crippen LogP contribution is -2.26. The lowest BCUT2D eigenvalue weighted by atomic mass is 9.70. The maximum Gasteiger partial charge on any atom is 0.137 e. The summed E-state index contributed by atoms with van der Waals surface area (Å²) in [6, 6.07) is 72.7. The van der Waals surface area contributed by atoms with Crippen LogP contribution in [-0.4, -0.2) is 0 Å². The molecule has 1 heterocycles. The van der Waals surface area contributed by atoms with Gasteiger partial charge in [0.1, 0.15) is 11.2 Å². The van der Waals surface area contributed by atoms with Gasteiger partial charge in [-0.1, -0.05) is 192 Å². The molecule has 0 N–H and O–H groups in total. The van der Waals surface area contributed by atoms with Crippen LogP contribution in [0.25, 0.3) is 66.4 Å². The summed E-state index contributed by atoms with van der Waals surface area (Å²) in [4.78, 5) is 2.52. The summed E-state index contributed by atoms with van der Waals surface area (Å²) in [5, 5.41) is 2.20. The second-order valence-electron chi connectivity index (χ2n) is 19.6. The Balaban J connectivity index is 1.11. The van der Waals surface area contributed by atoms with Crippen molar-refractivity contribution in [2.24, 2.45) is 0 Å². The molecular formula is C62H47NO. The molecule has 306 valence electrons. The van der Waals surface area contributed by atoms with E-state index in [1.54, 1.807) is 0 Å². The Hall–Kier alpha value is -7.42. The highest BCUT2D eigenvalue weighted by Crippen LogP contribution is 2.64. The van der Waals surface area contributed by atoms with Crippen LogP contribution in [0, 0.1) is 0 Å². The summed E-state index contributed by atoms with van der Waals surface area (Å²) in [7, 11) is 0. The Morgan fingerprint density at radius 1 is 0.406 bits per heavy atom. The van der Waals surface area contributed by atoms with E-state index < -0.39 is 5.41 Å². The highest BCUT2D eigenvalue weighted by Gasteiger charge is 2.51. The van der Waals surface area contributed by atoms with Crippen molar-refractivity contribution >= 4 is 39.0 Å². The summed E-state index contributed by atoms with van der Waals surface area (Å²) < 4.78 is 6.63. The fourth-order valence-electron chi connectivity index (χ4n) is 11.9. The Bertz CT molecular complexity index is 3530. The van der Waals surface area contributed by atoms with Gasteiger partial charge in [0.15, 0.2) is 0 Å². The lowest BCUT2D eigenvalue weighted by Gasteiger charge is -2.33. The van der Waals surface area contributed by atoms with E-state index in [-0.39, 0.29) is 10.8 Å². The van der Waals surface area contributed by atoms with Crippen molar-refractivity contribution in [3.63, 3.8) is 0 Å². The molecule has 9 aromatic carbocycles. The van der Waals surface area contributed by atoms with Crippen LogP contribution in [0.2, 0.25) is 0 Å². The highest BCUT2D eigenvalue weighted by molar-refractivity contribution is 6.14. The molecule has 1 spiro atoms. The summed E-state index contributed by atoms with van der Waals surface area (Å²) in [5.74, 6) is 0. The molecule has 3 aliphatic carbocycles. The first-order valence-electron chi connectivity index (χ1n) is 22.7. The molecule has 0 bridgehead atoms. The molecule has 2 heteroatoms. The van der Waals surface area contributed by atoms with Crippen LogP contribution in [0.15, 0.2) is 199 Å². The van der Waals surface area contributed by atoms with Crippen molar-refractivity contribution in [3.8, 4) is 44.5 Å². The van der Waals surface area contributed by atoms with Crippen LogP contribution in [0.5, 0.6) is 0 Å². The van der Waals surface area contributed by atoms with E-state index in [0.29, 0.717) is 0 Å². The van der Waals surface area contributed by atoms with E-state index in [9.17, 15) is 0 Å².